The Morgan fingerprint density at radius 3 is 2.54 bits per heavy atom. The smallest absolute Gasteiger partial charge is 0.255 e. The minimum absolute atomic E-state index is 0.141. The van der Waals surface area contributed by atoms with Crippen LogP contribution in [0.25, 0.3) is 11.3 Å². The van der Waals surface area contributed by atoms with E-state index in [0.717, 1.165) is 37.1 Å². The number of aromatic nitrogens is 3. The monoisotopic (exact) mass is 350 g/mol. The normalized spacial score (nSPS) is 14.0. The molecule has 26 heavy (non-hydrogen) atoms. The van der Waals surface area contributed by atoms with Crippen LogP contribution in [0, 0.1) is 5.82 Å². The van der Waals surface area contributed by atoms with E-state index in [0.29, 0.717) is 18.2 Å². The maximum atomic E-state index is 13.5. The number of halogens is 1. The molecule has 3 heterocycles. The molecule has 6 heteroatoms. The zero-order valence-electron chi connectivity index (χ0n) is 14.3. The number of hydrogen-bond donors (Lipinski definition) is 0. The van der Waals surface area contributed by atoms with Gasteiger partial charge in [-0.25, -0.2) is 9.37 Å². The minimum Gasteiger partial charge on any atom is -0.342 e. The van der Waals surface area contributed by atoms with Crippen molar-refractivity contribution in [2.24, 2.45) is 0 Å². The van der Waals surface area contributed by atoms with Gasteiger partial charge in [0.1, 0.15) is 5.82 Å². The van der Waals surface area contributed by atoms with Crippen molar-refractivity contribution in [2.75, 3.05) is 18.0 Å². The average Bonchev–Trinajstić information content (AvgIpc) is 3.18. The molecule has 0 amide bonds. The van der Waals surface area contributed by atoms with E-state index in [9.17, 15) is 9.18 Å². The Hall–Kier alpha value is -3.02. The Bertz CT molecular complexity index is 965. The molecule has 3 aromatic rings. The van der Waals surface area contributed by atoms with E-state index in [2.05, 4.69) is 9.88 Å². The molecule has 0 saturated carbocycles. The van der Waals surface area contributed by atoms with E-state index in [-0.39, 0.29) is 11.4 Å². The molecule has 0 N–H and O–H groups in total. The highest BCUT2D eigenvalue weighted by Crippen LogP contribution is 2.22. The van der Waals surface area contributed by atoms with Gasteiger partial charge in [-0.05, 0) is 42.7 Å². The lowest BCUT2D eigenvalue weighted by atomic mass is 10.2. The van der Waals surface area contributed by atoms with Crippen LogP contribution in [0.15, 0.2) is 59.7 Å². The van der Waals surface area contributed by atoms with Gasteiger partial charge in [-0.1, -0.05) is 12.1 Å². The zero-order valence-corrected chi connectivity index (χ0v) is 14.3. The summed E-state index contributed by atoms with van der Waals surface area (Å²) in [5, 5.41) is 0. The van der Waals surface area contributed by atoms with Crippen LogP contribution >= 0.6 is 0 Å². The number of pyridine rings is 1. The van der Waals surface area contributed by atoms with Crippen LogP contribution in [-0.4, -0.2) is 27.6 Å². The fraction of sp³-hybridized carbons (Fsp3) is 0.250. The molecule has 5 nitrogen and oxygen atoms in total. The molecule has 4 rings (SSSR count). The van der Waals surface area contributed by atoms with Crippen molar-refractivity contribution in [3.05, 3.63) is 76.6 Å². The topological polar surface area (TPSA) is 51.0 Å². The zero-order chi connectivity index (χ0) is 17.9. The molecule has 132 valence electrons. The standard InChI is InChI=1S/C20H19FN4O/c21-17-5-3-4-15(12-17)14-25-19(26)13-18(16-6-8-22-9-7-16)23-20(25)24-10-1-2-11-24/h3-9,12-13H,1-2,10-11,14H2. The molecule has 0 aliphatic carbocycles. The van der Waals surface area contributed by atoms with Crippen molar-refractivity contribution in [2.45, 2.75) is 19.4 Å². The second-order valence-corrected chi connectivity index (χ2v) is 6.43. The van der Waals surface area contributed by atoms with Crippen molar-refractivity contribution in [1.29, 1.82) is 0 Å². The molecule has 0 spiro atoms. The molecule has 1 aliphatic heterocycles. The van der Waals surface area contributed by atoms with Crippen molar-refractivity contribution in [1.82, 2.24) is 14.5 Å². The molecule has 1 aliphatic rings. The summed E-state index contributed by atoms with van der Waals surface area (Å²) in [7, 11) is 0. The predicted octanol–water partition coefficient (Wildman–Crippen LogP) is 3.09. The van der Waals surface area contributed by atoms with Crippen LogP contribution in [0.5, 0.6) is 0 Å². The maximum absolute atomic E-state index is 13.5. The molecule has 0 radical (unpaired) electrons. The fourth-order valence-corrected chi connectivity index (χ4v) is 3.29. The third-order valence-corrected chi connectivity index (χ3v) is 4.58. The summed E-state index contributed by atoms with van der Waals surface area (Å²) < 4.78 is 15.2. The third-order valence-electron chi connectivity index (χ3n) is 4.58. The van der Waals surface area contributed by atoms with E-state index >= 15 is 0 Å². The summed E-state index contributed by atoms with van der Waals surface area (Å²) in [5.74, 6) is 0.339. The highest BCUT2D eigenvalue weighted by atomic mass is 19.1. The average molecular weight is 350 g/mol. The predicted molar refractivity (Wildman–Crippen MR) is 98.7 cm³/mol. The van der Waals surface area contributed by atoms with Gasteiger partial charge in [0, 0.05) is 37.1 Å². The number of rotatable bonds is 4. The molecule has 1 fully saturated rings. The summed E-state index contributed by atoms with van der Waals surface area (Å²) in [6.45, 7) is 2.04. The van der Waals surface area contributed by atoms with Crippen LogP contribution in [0.2, 0.25) is 0 Å². The first-order valence-electron chi connectivity index (χ1n) is 8.72. The Labute approximate surface area is 150 Å². The summed E-state index contributed by atoms with van der Waals surface area (Å²) in [6, 6.07) is 11.5. The second kappa shape index (κ2) is 7.07. The SMILES string of the molecule is O=c1cc(-c2ccncc2)nc(N2CCCC2)n1Cc1cccc(F)c1. The highest BCUT2D eigenvalue weighted by Gasteiger charge is 2.20. The highest BCUT2D eigenvalue weighted by molar-refractivity contribution is 5.59. The lowest BCUT2D eigenvalue weighted by Gasteiger charge is -2.22. The van der Waals surface area contributed by atoms with Crippen LogP contribution in [0.3, 0.4) is 0 Å². The van der Waals surface area contributed by atoms with Crippen LogP contribution in [-0.2, 0) is 6.54 Å². The molecule has 0 unspecified atom stereocenters. The summed E-state index contributed by atoms with van der Waals surface area (Å²) in [4.78, 5) is 23.8. The Morgan fingerprint density at radius 2 is 1.81 bits per heavy atom. The van der Waals surface area contributed by atoms with Crippen LogP contribution < -0.4 is 10.5 Å². The summed E-state index contributed by atoms with van der Waals surface area (Å²) >= 11 is 0. The summed E-state index contributed by atoms with van der Waals surface area (Å²) in [6.07, 6.45) is 5.53. The van der Waals surface area contributed by atoms with Gasteiger partial charge in [-0.15, -0.1) is 0 Å². The van der Waals surface area contributed by atoms with Crippen molar-refractivity contribution in [3.8, 4) is 11.3 Å². The van der Waals surface area contributed by atoms with Gasteiger partial charge in [0.2, 0.25) is 5.95 Å². The van der Waals surface area contributed by atoms with E-state index < -0.39 is 0 Å². The van der Waals surface area contributed by atoms with Gasteiger partial charge >= 0.3 is 0 Å². The van der Waals surface area contributed by atoms with E-state index in [1.165, 1.54) is 18.2 Å². The summed E-state index contributed by atoms with van der Waals surface area (Å²) in [5.41, 5.74) is 2.09. The molecule has 2 aromatic heterocycles. The third kappa shape index (κ3) is 3.35. The largest absolute Gasteiger partial charge is 0.342 e. The van der Waals surface area contributed by atoms with Gasteiger partial charge < -0.3 is 4.90 Å². The van der Waals surface area contributed by atoms with E-state index in [4.69, 9.17) is 4.98 Å². The number of benzene rings is 1. The molecule has 0 atom stereocenters. The van der Waals surface area contributed by atoms with Crippen molar-refractivity contribution >= 4 is 5.95 Å². The van der Waals surface area contributed by atoms with Gasteiger partial charge in [-0.3, -0.25) is 14.3 Å². The number of hydrogen-bond acceptors (Lipinski definition) is 4. The lowest BCUT2D eigenvalue weighted by molar-refractivity contribution is 0.621. The van der Waals surface area contributed by atoms with Crippen LogP contribution in [0.4, 0.5) is 10.3 Å². The molecule has 1 aromatic carbocycles. The first kappa shape index (κ1) is 16.4. The fourth-order valence-electron chi connectivity index (χ4n) is 3.29. The number of nitrogens with zero attached hydrogens (tertiary/aromatic N) is 4. The van der Waals surface area contributed by atoms with Gasteiger partial charge in [0.15, 0.2) is 0 Å². The van der Waals surface area contributed by atoms with E-state index in [1.54, 1.807) is 23.0 Å². The molecule has 1 saturated heterocycles. The molecular formula is C20H19FN4O. The van der Waals surface area contributed by atoms with E-state index in [1.807, 2.05) is 18.2 Å². The quantitative estimate of drug-likeness (QED) is 0.726. The maximum Gasteiger partial charge on any atom is 0.255 e. The Balaban J connectivity index is 1.80. The molecular weight excluding hydrogens is 331 g/mol. The first-order valence-corrected chi connectivity index (χ1v) is 8.72. The first-order chi connectivity index (χ1) is 12.7. The second-order valence-electron chi connectivity index (χ2n) is 6.43. The molecule has 0 bridgehead atoms. The van der Waals surface area contributed by atoms with Gasteiger partial charge in [0.05, 0.1) is 12.2 Å². The van der Waals surface area contributed by atoms with Gasteiger partial charge in [0.25, 0.3) is 5.56 Å². The minimum atomic E-state index is -0.306. The van der Waals surface area contributed by atoms with Crippen molar-refractivity contribution < 1.29 is 4.39 Å². The Morgan fingerprint density at radius 1 is 1.04 bits per heavy atom. The lowest BCUT2D eigenvalue weighted by Crippen LogP contribution is -2.31. The Kier molecular flexibility index (Phi) is 4.48. The van der Waals surface area contributed by atoms with Crippen molar-refractivity contribution in [3.63, 3.8) is 0 Å². The number of anilines is 1. The van der Waals surface area contributed by atoms with Crippen LogP contribution in [0.1, 0.15) is 18.4 Å². The van der Waals surface area contributed by atoms with Gasteiger partial charge in [-0.2, -0.15) is 0 Å².